The molecular weight excluding hydrogens is 152 g/mol. The number of benzene rings is 1. The monoisotopic (exact) mass is 157 g/mol. The summed E-state index contributed by atoms with van der Waals surface area (Å²) >= 11 is 0. The molecule has 0 amide bonds. The molecule has 1 rings (SSSR count). The zero-order valence-corrected chi connectivity index (χ0v) is 5.77. The molecule has 4 heteroatoms. The predicted octanol–water partition coefficient (Wildman–Crippen LogP) is 2.67. The minimum Gasteiger partial charge on any atom is -0.207 e. The van der Waals surface area contributed by atoms with Gasteiger partial charge in [-0.2, -0.15) is 0 Å². The van der Waals surface area contributed by atoms with Crippen molar-refractivity contribution in [1.29, 1.82) is 0 Å². The van der Waals surface area contributed by atoms with E-state index in [0.717, 1.165) is 12.1 Å². The van der Waals surface area contributed by atoms with Crippen molar-refractivity contribution in [2.75, 3.05) is 0 Å². The van der Waals surface area contributed by atoms with Crippen molar-refractivity contribution in [3.63, 3.8) is 0 Å². The van der Waals surface area contributed by atoms with Crippen molar-refractivity contribution in [1.82, 2.24) is 0 Å². The van der Waals surface area contributed by atoms with Gasteiger partial charge in [0.2, 0.25) is 0 Å². The molecule has 0 saturated carbocycles. The fraction of sp³-hybridized carbons (Fsp3) is 0.143. The number of hydrogen-bond donors (Lipinski definition) is 0. The summed E-state index contributed by atoms with van der Waals surface area (Å²) in [5.41, 5.74) is -0.536. The van der Waals surface area contributed by atoms with Gasteiger partial charge in [0, 0.05) is 5.56 Å². The Morgan fingerprint density at radius 3 is 2.55 bits per heavy atom. The third-order valence-corrected chi connectivity index (χ3v) is 1.40. The second-order valence-corrected chi connectivity index (χ2v) is 2.10. The van der Waals surface area contributed by atoms with Crippen LogP contribution in [0.1, 0.15) is 5.56 Å². The summed E-state index contributed by atoms with van der Waals surface area (Å²) in [5.74, 6) is -1.56. The first kappa shape index (κ1) is 7.78. The second kappa shape index (κ2) is 2.74. The van der Waals surface area contributed by atoms with Gasteiger partial charge in [-0.25, -0.2) is 8.78 Å². The second-order valence-electron chi connectivity index (χ2n) is 2.10. The average molecular weight is 157 g/mol. The van der Waals surface area contributed by atoms with Crippen LogP contribution in [0.5, 0.6) is 0 Å². The summed E-state index contributed by atoms with van der Waals surface area (Å²) in [5, 5.41) is 2.38. The maximum atomic E-state index is 12.7. The highest BCUT2D eigenvalue weighted by molar-refractivity contribution is 5.42. The Balaban J connectivity index is 3.36. The van der Waals surface area contributed by atoms with Crippen molar-refractivity contribution in [2.24, 2.45) is 5.18 Å². The van der Waals surface area contributed by atoms with E-state index in [-0.39, 0.29) is 11.3 Å². The van der Waals surface area contributed by atoms with Gasteiger partial charge in [-0.05, 0) is 24.2 Å². The molecule has 0 aromatic heterocycles. The third-order valence-electron chi connectivity index (χ3n) is 1.40. The smallest absolute Gasteiger partial charge is 0.158 e. The van der Waals surface area contributed by atoms with Gasteiger partial charge in [0.05, 0.1) is 0 Å². The number of nitroso groups, excluding NO2 is 1. The fourth-order valence-corrected chi connectivity index (χ4v) is 0.718. The molecule has 0 aliphatic heterocycles. The van der Waals surface area contributed by atoms with Gasteiger partial charge in [0.25, 0.3) is 0 Å². The molecule has 0 N–H and O–H groups in total. The van der Waals surface area contributed by atoms with Gasteiger partial charge in [0.1, 0.15) is 11.5 Å². The van der Waals surface area contributed by atoms with Crippen LogP contribution in [-0.4, -0.2) is 0 Å². The topological polar surface area (TPSA) is 29.4 Å². The normalized spacial score (nSPS) is 9.73. The Kier molecular flexibility index (Phi) is 1.94. The van der Waals surface area contributed by atoms with Gasteiger partial charge in [0.15, 0.2) is 5.82 Å². The van der Waals surface area contributed by atoms with E-state index >= 15 is 0 Å². The highest BCUT2D eigenvalue weighted by Crippen LogP contribution is 2.21. The maximum absolute atomic E-state index is 12.7. The van der Waals surface area contributed by atoms with Crippen molar-refractivity contribution in [3.8, 4) is 0 Å². The Hall–Kier alpha value is -1.32. The minimum absolute atomic E-state index is 0.179. The Bertz CT molecular complexity index is 299. The van der Waals surface area contributed by atoms with Gasteiger partial charge in [-0.3, -0.25) is 0 Å². The van der Waals surface area contributed by atoms with Crippen molar-refractivity contribution < 1.29 is 8.78 Å². The Morgan fingerprint density at radius 1 is 1.36 bits per heavy atom. The quantitative estimate of drug-likeness (QED) is 0.576. The first-order valence-corrected chi connectivity index (χ1v) is 2.94. The molecule has 0 aliphatic rings. The molecule has 11 heavy (non-hydrogen) atoms. The molecule has 0 spiro atoms. The van der Waals surface area contributed by atoms with Crippen LogP contribution in [0.3, 0.4) is 0 Å². The van der Waals surface area contributed by atoms with E-state index in [1.165, 1.54) is 6.92 Å². The van der Waals surface area contributed by atoms with Crippen LogP contribution in [-0.2, 0) is 0 Å². The minimum atomic E-state index is -0.889. The first-order chi connectivity index (χ1) is 5.16. The van der Waals surface area contributed by atoms with E-state index in [1.807, 2.05) is 0 Å². The van der Waals surface area contributed by atoms with Gasteiger partial charge in [-0.15, -0.1) is 4.91 Å². The third kappa shape index (κ3) is 1.24. The lowest BCUT2D eigenvalue weighted by Gasteiger charge is -1.97. The summed E-state index contributed by atoms with van der Waals surface area (Å²) in [6.45, 7) is 1.25. The molecule has 0 atom stereocenters. The SMILES string of the molecule is Cc1c(F)ccc(N=O)c1F. The summed E-state index contributed by atoms with van der Waals surface area (Å²) in [6, 6.07) is 2.01. The zero-order chi connectivity index (χ0) is 8.43. The Morgan fingerprint density at radius 2 is 2.00 bits per heavy atom. The molecule has 58 valence electrons. The summed E-state index contributed by atoms with van der Waals surface area (Å²) < 4.78 is 25.2. The van der Waals surface area contributed by atoms with E-state index in [9.17, 15) is 13.7 Å². The van der Waals surface area contributed by atoms with E-state index in [4.69, 9.17) is 0 Å². The molecule has 0 bridgehead atoms. The number of halogens is 2. The molecule has 0 saturated heterocycles. The molecule has 0 aliphatic carbocycles. The van der Waals surface area contributed by atoms with Crippen LogP contribution in [0.15, 0.2) is 17.3 Å². The standard InChI is InChI=1S/C7H5F2NO/c1-4-5(8)2-3-6(10-11)7(4)9/h2-3H,1H3. The lowest BCUT2D eigenvalue weighted by Crippen LogP contribution is -1.87. The van der Waals surface area contributed by atoms with Gasteiger partial charge >= 0.3 is 0 Å². The summed E-state index contributed by atoms with van der Waals surface area (Å²) in [4.78, 5) is 9.88. The number of rotatable bonds is 1. The van der Waals surface area contributed by atoms with Crippen LogP contribution >= 0.6 is 0 Å². The molecule has 0 radical (unpaired) electrons. The van der Waals surface area contributed by atoms with E-state index in [1.54, 1.807) is 0 Å². The van der Waals surface area contributed by atoms with Crippen molar-refractivity contribution >= 4 is 5.69 Å². The van der Waals surface area contributed by atoms with Crippen LogP contribution in [0, 0.1) is 23.5 Å². The molecule has 0 heterocycles. The fourth-order valence-electron chi connectivity index (χ4n) is 0.718. The zero-order valence-electron chi connectivity index (χ0n) is 5.77. The van der Waals surface area contributed by atoms with Crippen LogP contribution in [0.4, 0.5) is 14.5 Å². The van der Waals surface area contributed by atoms with Crippen LogP contribution in [0.2, 0.25) is 0 Å². The lowest BCUT2D eigenvalue weighted by atomic mass is 10.2. The average Bonchev–Trinajstić information content (AvgIpc) is 2.01. The van der Waals surface area contributed by atoms with E-state index in [0.29, 0.717) is 0 Å². The van der Waals surface area contributed by atoms with Crippen molar-refractivity contribution in [2.45, 2.75) is 6.92 Å². The largest absolute Gasteiger partial charge is 0.207 e. The maximum Gasteiger partial charge on any atom is 0.158 e. The van der Waals surface area contributed by atoms with Gasteiger partial charge in [-0.1, -0.05) is 0 Å². The predicted molar refractivity (Wildman–Crippen MR) is 36.6 cm³/mol. The van der Waals surface area contributed by atoms with E-state index in [2.05, 4.69) is 5.18 Å². The van der Waals surface area contributed by atoms with Crippen molar-refractivity contribution in [3.05, 3.63) is 34.2 Å². The van der Waals surface area contributed by atoms with Crippen LogP contribution in [0.25, 0.3) is 0 Å². The lowest BCUT2D eigenvalue weighted by molar-refractivity contribution is 0.569. The molecule has 1 aromatic rings. The summed E-state index contributed by atoms with van der Waals surface area (Å²) in [6.07, 6.45) is 0. The first-order valence-electron chi connectivity index (χ1n) is 2.94. The summed E-state index contributed by atoms with van der Waals surface area (Å²) in [7, 11) is 0. The molecular formula is C7H5F2NO. The Labute approximate surface area is 61.8 Å². The molecule has 0 fully saturated rings. The number of hydrogen-bond acceptors (Lipinski definition) is 2. The molecule has 0 unspecified atom stereocenters. The number of nitrogens with zero attached hydrogens (tertiary/aromatic N) is 1. The van der Waals surface area contributed by atoms with Crippen LogP contribution < -0.4 is 0 Å². The highest BCUT2D eigenvalue weighted by Gasteiger charge is 2.08. The van der Waals surface area contributed by atoms with Gasteiger partial charge < -0.3 is 0 Å². The highest BCUT2D eigenvalue weighted by atomic mass is 19.1. The van der Waals surface area contributed by atoms with E-state index < -0.39 is 11.6 Å². The molecule has 1 aromatic carbocycles. The molecule has 2 nitrogen and oxygen atoms in total.